The molecule has 0 radical (unpaired) electrons. The van der Waals surface area contributed by atoms with Gasteiger partial charge in [-0.15, -0.1) is 0 Å². The highest BCUT2D eigenvalue weighted by molar-refractivity contribution is 5.22. The van der Waals surface area contributed by atoms with Crippen molar-refractivity contribution in [3.63, 3.8) is 0 Å². The first kappa shape index (κ1) is 11.1. The number of likely N-dealkylation sites (N-methyl/N-ethyl adjacent to an activating group) is 1. The lowest BCUT2D eigenvalue weighted by molar-refractivity contribution is 0.348. The zero-order chi connectivity index (χ0) is 10.8. The Labute approximate surface area is 84.3 Å². The van der Waals surface area contributed by atoms with Gasteiger partial charge in [-0.05, 0) is 38.6 Å². The van der Waals surface area contributed by atoms with E-state index in [1.807, 2.05) is 27.0 Å². The van der Waals surface area contributed by atoms with Crippen molar-refractivity contribution >= 4 is 0 Å². The van der Waals surface area contributed by atoms with Gasteiger partial charge in [0.1, 0.15) is 5.82 Å². The Bertz CT molecular complexity index is 310. The molecular formula is C11H17FN2. The summed E-state index contributed by atoms with van der Waals surface area (Å²) in [7, 11) is 1.85. The van der Waals surface area contributed by atoms with Crippen LogP contribution in [0.3, 0.4) is 0 Å². The molecule has 1 aromatic rings. The second-order valence-electron chi connectivity index (χ2n) is 4.00. The topological polar surface area (TPSA) is 38.0 Å². The fraction of sp³-hybridized carbons (Fsp3) is 0.455. The first-order valence-corrected chi connectivity index (χ1v) is 4.67. The van der Waals surface area contributed by atoms with Crippen LogP contribution in [-0.2, 0) is 0 Å². The van der Waals surface area contributed by atoms with Crippen LogP contribution in [-0.4, -0.2) is 12.6 Å². The molecule has 0 amide bonds. The van der Waals surface area contributed by atoms with E-state index < -0.39 is 0 Å². The van der Waals surface area contributed by atoms with Crippen LogP contribution in [0.25, 0.3) is 0 Å². The number of rotatable bonds is 3. The second kappa shape index (κ2) is 4.07. The largest absolute Gasteiger partial charge is 0.322 e. The molecule has 3 N–H and O–H groups in total. The van der Waals surface area contributed by atoms with Crippen molar-refractivity contribution in [3.8, 4) is 0 Å². The molecule has 1 atom stereocenters. The van der Waals surface area contributed by atoms with Gasteiger partial charge in [-0.25, -0.2) is 4.39 Å². The summed E-state index contributed by atoms with van der Waals surface area (Å²) in [6.45, 7) is 3.98. The van der Waals surface area contributed by atoms with Crippen LogP contribution in [0.2, 0.25) is 0 Å². The van der Waals surface area contributed by atoms with E-state index in [0.717, 1.165) is 5.56 Å². The molecule has 0 saturated carbocycles. The molecule has 0 saturated heterocycles. The average molecular weight is 196 g/mol. The molecule has 0 spiro atoms. The summed E-state index contributed by atoms with van der Waals surface area (Å²) in [5.74, 6) is -0.246. The van der Waals surface area contributed by atoms with Crippen LogP contribution in [0, 0.1) is 5.82 Å². The number of hydrogen-bond donors (Lipinski definition) is 2. The second-order valence-corrected chi connectivity index (χ2v) is 4.00. The van der Waals surface area contributed by atoms with E-state index in [9.17, 15) is 4.39 Å². The minimum Gasteiger partial charge on any atom is -0.322 e. The Morgan fingerprint density at radius 1 is 1.43 bits per heavy atom. The molecule has 0 aliphatic carbocycles. The van der Waals surface area contributed by atoms with Gasteiger partial charge < -0.3 is 11.1 Å². The van der Waals surface area contributed by atoms with Gasteiger partial charge in [0.2, 0.25) is 0 Å². The Morgan fingerprint density at radius 2 is 2.07 bits per heavy atom. The van der Waals surface area contributed by atoms with Crippen LogP contribution in [0.1, 0.15) is 25.5 Å². The fourth-order valence-electron chi connectivity index (χ4n) is 1.27. The molecular weight excluding hydrogens is 179 g/mol. The standard InChI is InChI=1S/C11H17FN2/c1-11(2,14-3)10(13)8-5-4-6-9(12)7-8/h4-7,10,14H,13H2,1-3H3. The summed E-state index contributed by atoms with van der Waals surface area (Å²) >= 11 is 0. The van der Waals surface area contributed by atoms with Crippen molar-refractivity contribution < 1.29 is 4.39 Å². The normalized spacial score (nSPS) is 14.1. The van der Waals surface area contributed by atoms with E-state index in [-0.39, 0.29) is 17.4 Å². The molecule has 0 aliphatic rings. The molecule has 78 valence electrons. The summed E-state index contributed by atoms with van der Waals surface area (Å²) in [4.78, 5) is 0. The van der Waals surface area contributed by atoms with E-state index in [2.05, 4.69) is 5.32 Å². The summed E-state index contributed by atoms with van der Waals surface area (Å²) in [6.07, 6.45) is 0. The molecule has 1 rings (SSSR count). The highest BCUT2D eigenvalue weighted by Crippen LogP contribution is 2.22. The first-order valence-electron chi connectivity index (χ1n) is 4.67. The molecule has 0 heterocycles. The van der Waals surface area contributed by atoms with Gasteiger partial charge in [0.25, 0.3) is 0 Å². The predicted molar refractivity (Wildman–Crippen MR) is 56.5 cm³/mol. The fourth-order valence-corrected chi connectivity index (χ4v) is 1.27. The van der Waals surface area contributed by atoms with Gasteiger partial charge in [-0.2, -0.15) is 0 Å². The third-order valence-corrected chi connectivity index (χ3v) is 2.63. The SMILES string of the molecule is CNC(C)(C)C(N)c1cccc(F)c1. The lowest BCUT2D eigenvalue weighted by Gasteiger charge is -2.31. The Balaban J connectivity index is 2.94. The van der Waals surface area contributed by atoms with Crippen LogP contribution in [0.15, 0.2) is 24.3 Å². The average Bonchev–Trinajstić information content (AvgIpc) is 2.16. The van der Waals surface area contributed by atoms with E-state index in [4.69, 9.17) is 5.73 Å². The van der Waals surface area contributed by atoms with Crippen molar-refractivity contribution in [2.24, 2.45) is 5.73 Å². The molecule has 0 bridgehead atoms. The number of nitrogens with one attached hydrogen (secondary N) is 1. The minimum atomic E-state index is -0.246. The van der Waals surface area contributed by atoms with Gasteiger partial charge >= 0.3 is 0 Å². The maximum absolute atomic E-state index is 12.9. The Hall–Kier alpha value is -0.930. The smallest absolute Gasteiger partial charge is 0.123 e. The Kier molecular flexibility index (Phi) is 3.24. The van der Waals surface area contributed by atoms with Crippen molar-refractivity contribution in [1.29, 1.82) is 0 Å². The summed E-state index contributed by atoms with van der Waals surface area (Å²) in [6, 6.07) is 6.19. The van der Waals surface area contributed by atoms with Crippen molar-refractivity contribution in [2.45, 2.75) is 25.4 Å². The van der Waals surface area contributed by atoms with Gasteiger partial charge in [0, 0.05) is 11.6 Å². The summed E-state index contributed by atoms with van der Waals surface area (Å²) in [5, 5.41) is 3.11. The molecule has 0 aromatic heterocycles. The summed E-state index contributed by atoms with van der Waals surface area (Å²) in [5.41, 5.74) is 6.59. The molecule has 3 heteroatoms. The third kappa shape index (κ3) is 2.30. The van der Waals surface area contributed by atoms with Gasteiger partial charge in [0.15, 0.2) is 0 Å². The molecule has 0 aliphatic heterocycles. The maximum Gasteiger partial charge on any atom is 0.123 e. The highest BCUT2D eigenvalue weighted by Gasteiger charge is 2.25. The number of hydrogen-bond acceptors (Lipinski definition) is 2. The predicted octanol–water partition coefficient (Wildman–Crippen LogP) is 1.82. The zero-order valence-corrected chi connectivity index (χ0v) is 8.84. The summed E-state index contributed by atoms with van der Waals surface area (Å²) < 4.78 is 12.9. The van der Waals surface area contributed by atoms with Gasteiger partial charge in [0.05, 0.1) is 0 Å². The van der Waals surface area contributed by atoms with Crippen LogP contribution in [0.4, 0.5) is 4.39 Å². The lowest BCUT2D eigenvalue weighted by Crippen LogP contribution is -2.46. The van der Waals surface area contributed by atoms with Gasteiger partial charge in [-0.1, -0.05) is 12.1 Å². The molecule has 14 heavy (non-hydrogen) atoms. The maximum atomic E-state index is 12.9. The first-order chi connectivity index (χ1) is 6.47. The number of nitrogens with two attached hydrogens (primary N) is 1. The zero-order valence-electron chi connectivity index (χ0n) is 8.84. The van der Waals surface area contributed by atoms with Crippen molar-refractivity contribution in [3.05, 3.63) is 35.6 Å². The molecule has 1 aromatic carbocycles. The van der Waals surface area contributed by atoms with Crippen LogP contribution >= 0.6 is 0 Å². The lowest BCUT2D eigenvalue weighted by atomic mass is 9.89. The highest BCUT2D eigenvalue weighted by atomic mass is 19.1. The van der Waals surface area contributed by atoms with E-state index in [0.29, 0.717) is 0 Å². The quantitative estimate of drug-likeness (QED) is 0.774. The molecule has 0 fully saturated rings. The monoisotopic (exact) mass is 196 g/mol. The Morgan fingerprint density at radius 3 is 2.57 bits per heavy atom. The van der Waals surface area contributed by atoms with E-state index in [1.165, 1.54) is 12.1 Å². The van der Waals surface area contributed by atoms with Crippen LogP contribution < -0.4 is 11.1 Å². The minimum absolute atomic E-state index is 0.219. The van der Waals surface area contributed by atoms with Crippen LogP contribution in [0.5, 0.6) is 0 Å². The van der Waals surface area contributed by atoms with E-state index in [1.54, 1.807) is 6.07 Å². The molecule has 2 nitrogen and oxygen atoms in total. The number of benzene rings is 1. The number of halogens is 1. The molecule has 1 unspecified atom stereocenters. The van der Waals surface area contributed by atoms with Gasteiger partial charge in [-0.3, -0.25) is 0 Å². The third-order valence-electron chi connectivity index (χ3n) is 2.63. The van der Waals surface area contributed by atoms with Crippen molar-refractivity contribution in [2.75, 3.05) is 7.05 Å². The van der Waals surface area contributed by atoms with E-state index >= 15 is 0 Å². The van der Waals surface area contributed by atoms with Crippen molar-refractivity contribution in [1.82, 2.24) is 5.32 Å².